The first-order valence-corrected chi connectivity index (χ1v) is 6.45. The van der Waals surface area contributed by atoms with Crippen LogP contribution in [0.1, 0.15) is 12.8 Å². The lowest BCUT2D eigenvalue weighted by atomic mass is 10.2. The van der Waals surface area contributed by atoms with E-state index in [1.165, 1.54) is 18.5 Å². The molecule has 2 rings (SSSR count). The average Bonchev–Trinajstić information content (AvgIpc) is 2.88. The lowest BCUT2D eigenvalue weighted by Gasteiger charge is -2.20. The summed E-state index contributed by atoms with van der Waals surface area (Å²) in [4.78, 5) is 2.27. The standard InChI is InChI=1S/C14H22N2O/c1-16(13-6-3-2-4-7-13)10-9-15-12-14-8-5-11-17-14/h2-4,6-7,14-15H,5,8-12H2,1H3. The summed E-state index contributed by atoms with van der Waals surface area (Å²) < 4.78 is 5.57. The first-order valence-electron chi connectivity index (χ1n) is 6.45. The molecule has 1 N–H and O–H groups in total. The Bertz CT molecular complexity index is 309. The molecule has 94 valence electrons. The summed E-state index contributed by atoms with van der Waals surface area (Å²) in [7, 11) is 2.13. The summed E-state index contributed by atoms with van der Waals surface area (Å²) in [5.41, 5.74) is 1.27. The largest absolute Gasteiger partial charge is 0.377 e. The Morgan fingerprint density at radius 1 is 1.35 bits per heavy atom. The van der Waals surface area contributed by atoms with Crippen LogP contribution in [0.5, 0.6) is 0 Å². The van der Waals surface area contributed by atoms with Crippen LogP contribution in [0.4, 0.5) is 5.69 Å². The number of hydrogen-bond acceptors (Lipinski definition) is 3. The summed E-state index contributed by atoms with van der Waals surface area (Å²) >= 11 is 0. The van der Waals surface area contributed by atoms with Crippen LogP contribution in [0.3, 0.4) is 0 Å². The fourth-order valence-electron chi connectivity index (χ4n) is 2.13. The Labute approximate surface area is 104 Å². The second-order valence-corrected chi connectivity index (χ2v) is 4.60. The second kappa shape index (κ2) is 6.62. The van der Waals surface area contributed by atoms with Crippen molar-refractivity contribution in [1.29, 1.82) is 0 Å². The predicted octanol–water partition coefficient (Wildman–Crippen LogP) is 1.89. The molecule has 0 aromatic heterocycles. The molecule has 17 heavy (non-hydrogen) atoms. The number of hydrogen-bond donors (Lipinski definition) is 1. The predicted molar refractivity (Wildman–Crippen MR) is 71.6 cm³/mol. The number of benzene rings is 1. The Hall–Kier alpha value is -1.06. The first kappa shape index (κ1) is 12.4. The SMILES string of the molecule is CN(CCNCC1CCCO1)c1ccccc1. The maximum absolute atomic E-state index is 5.57. The lowest BCUT2D eigenvalue weighted by Crippen LogP contribution is -2.33. The van der Waals surface area contributed by atoms with Crippen molar-refractivity contribution in [2.75, 3.05) is 38.2 Å². The van der Waals surface area contributed by atoms with Gasteiger partial charge in [-0.3, -0.25) is 0 Å². The van der Waals surface area contributed by atoms with Gasteiger partial charge in [-0.15, -0.1) is 0 Å². The van der Waals surface area contributed by atoms with Crippen molar-refractivity contribution in [2.45, 2.75) is 18.9 Å². The molecule has 1 atom stereocenters. The van der Waals surface area contributed by atoms with Gasteiger partial charge >= 0.3 is 0 Å². The highest BCUT2D eigenvalue weighted by atomic mass is 16.5. The zero-order valence-electron chi connectivity index (χ0n) is 10.6. The molecule has 0 bridgehead atoms. The van der Waals surface area contributed by atoms with E-state index < -0.39 is 0 Å². The number of nitrogens with zero attached hydrogens (tertiary/aromatic N) is 1. The molecule has 1 heterocycles. The molecule has 1 unspecified atom stereocenters. The van der Waals surface area contributed by atoms with Gasteiger partial charge in [0, 0.05) is 39.0 Å². The summed E-state index contributed by atoms with van der Waals surface area (Å²) in [6.07, 6.45) is 2.87. The Morgan fingerprint density at radius 2 is 2.18 bits per heavy atom. The van der Waals surface area contributed by atoms with Crippen LogP contribution in [-0.4, -0.2) is 39.4 Å². The van der Waals surface area contributed by atoms with Gasteiger partial charge < -0.3 is 15.0 Å². The molecule has 3 heteroatoms. The van der Waals surface area contributed by atoms with Gasteiger partial charge in [0.2, 0.25) is 0 Å². The molecule has 0 radical (unpaired) electrons. The van der Waals surface area contributed by atoms with Crippen LogP contribution >= 0.6 is 0 Å². The van der Waals surface area contributed by atoms with E-state index in [4.69, 9.17) is 4.74 Å². The molecule has 1 aromatic rings. The molecule has 1 aromatic carbocycles. The third kappa shape index (κ3) is 4.02. The fraction of sp³-hybridized carbons (Fsp3) is 0.571. The van der Waals surface area contributed by atoms with E-state index in [9.17, 15) is 0 Å². The molecule has 0 amide bonds. The van der Waals surface area contributed by atoms with Crippen molar-refractivity contribution in [3.8, 4) is 0 Å². The molecule has 0 spiro atoms. The fourth-order valence-corrected chi connectivity index (χ4v) is 2.13. The molecule has 3 nitrogen and oxygen atoms in total. The lowest BCUT2D eigenvalue weighted by molar-refractivity contribution is 0.110. The molecule has 1 fully saturated rings. The Morgan fingerprint density at radius 3 is 2.88 bits per heavy atom. The van der Waals surface area contributed by atoms with Gasteiger partial charge in [-0.1, -0.05) is 18.2 Å². The van der Waals surface area contributed by atoms with E-state index in [0.29, 0.717) is 6.10 Å². The van der Waals surface area contributed by atoms with Crippen molar-refractivity contribution in [1.82, 2.24) is 5.32 Å². The number of anilines is 1. The topological polar surface area (TPSA) is 24.5 Å². The van der Waals surface area contributed by atoms with E-state index in [-0.39, 0.29) is 0 Å². The number of para-hydroxylation sites is 1. The Balaban J connectivity index is 1.61. The third-order valence-corrected chi connectivity index (χ3v) is 3.22. The minimum absolute atomic E-state index is 0.442. The van der Waals surface area contributed by atoms with Gasteiger partial charge in [-0.25, -0.2) is 0 Å². The van der Waals surface area contributed by atoms with Gasteiger partial charge in [-0.2, -0.15) is 0 Å². The first-order chi connectivity index (χ1) is 8.36. The Kier molecular flexibility index (Phi) is 4.83. The van der Waals surface area contributed by atoms with Crippen molar-refractivity contribution >= 4 is 5.69 Å². The van der Waals surface area contributed by atoms with E-state index in [0.717, 1.165) is 26.2 Å². The third-order valence-electron chi connectivity index (χ3n) is 3.22. The zero-order valence-corrected chi connectivity index (χ0v) is 10.6. The monoisotopic (exact) mass is 234 g/mol. The quantitative estimate of drug-likeness (QED) is 0.761. The van der Waals surface area contributed by atoms with Crippen LogP contribution < -0.4 is 10.2 Å². The van der Waals surface area contributed by atoms with Crippen LogP contribution in [0, 0.1) is 0 Å². The molecule has 1 saturated heterocycles. The molecule has 0 aliphatic carbocycles. The molecule has 1 aliphatic heterocycles. The second-order valence-electron chi connectivity index (χ2n) is 4.60. The number of rotatable bonds is 6. The van der Waals surface area contributed by atoms with Crippen molar-refractivity contribution in [2.24, 2.45) is 0 Å². The smallest absolute Gasteiger partial charge is 0.0700 e. The molecule has 0 saturated carbocycles. The van der Waals surface area contributed by atoms with Gasteiger partial charge in [-0.05, 0) is 25.0 Å². The van der Waals surface area contributed by atoms with Gasteiger partial charge in [0.1, 0.15) is 0 Å². The maximum atomic E-state index is 5.57. The van der Waals surface area contributed by atoms with Crippen molar-refractivity contribution in [3.63, 3.8) is 0 Å². The van der Waals surface area contributed by atoms with Crippen LogP contribution in [0.25, 0.3) is 0 Å². The van der Waals surface area contributed by atoms with E-state index >= 15 is 0 Å². The molecular weight excluding hydrogens is 212 g/mol. The summed E-state index contributed by atoms with van der Waals surface area (Å²) in [5, 5.41) is 3.46. The highest BCUT2D eigenvalue weighted by Crippen LogP contribution is 2.11. The maximum Gasteiger partial charge on any atom is 0.0700 e. The minimum atomic E-state index is 0.442. The number of likely N-dealkylation sites (N-methyl/N-ethyl adjacent to an activating group) is 1. The average molecular weight is 234 g/mol. The number of ether oxygens (including phenoxy) is 1. The van der Waals surface area contributed by atoms with E-state index in [2.05, 4.69) is 41.5 Å². The van der Waals surface area contributed by atoms with Gasteiger partial charge in [0.05, 0.1) is 6.10 Å². The minimum Gasteiger partial charge on any atom is -0.377 e. The highest BCUT2D eigenvalue weighted by Gasteiger charge is 2.14. The van der Waals surface area contributed by atoms with Crippen molar-refractivity contribution < 1.29 is 4.74 Å². The van der Waals surface area contributed by atoms with E-state index in [1.807, 2.05) is 6.07 Å². The van der Waals surface area contributed by atoms with Gasteiger partial charge in [0.15, 0.2) is 0 Å². The molecular formula is C14H22N2O. The summed E-state index contributed by atoms with van der Waals surface area (Å²) in [5.74, 6) is 0. The van der Waals surface area contributed by atoms with Gasteiger partial charge in [0.25, 0.3) is 0 Å². The normalized spacial score (nSPS) is 19.5. The van der Waals surface area contributed by atoms with Crippen molar-refractivity contribution in [3.05, 3.63) is 30.3 Å². The van der Waals surface area contributed by atoms with E-state index in [1.54, 1.807) is 0 Å². The van der Waals surface area contributed by atoms with Crippen LogP contribution in [0.2, 0.25) is 0 Å². The number of nitrogens with one attached hydrogen (secondary N) is 1. The summed E-state index contributed by atoms with van der Waals surface area (Å²) in [6, 6.07) is 10.5. The van der Waals surface area contributed by atoms with Crippen LogP contribution in [-0.2, 0) is 4.74 Å². The molecule has 1 aliphatic rings. The van der Waals surface area contributed by atoms with Crippen LogP contribution in [0.15, 0.2) is 30.3 Å². The summed E-state index contributed by atoms with van der Waals surface area (Å²) in [6.45, 7) is 3.96. The zero-order chi connectivity index (χ0) is 11.9. The highest BCUT2D eigenvalue weighted by molar-refractivity contribution is 5.44.